The lowest BCUT2D eigenvalue weighted by molar-refractivity contribution is 0.597. The van der Waals surface area contributed by atoms with Crippen LogP contribution in [0.3, 0.4) is 0 Å². The number of primary sulfonamides is 1. The topological polar surface area (TPSA) is 114 Å². The SMILES string of the molecule is CC1=c2ccc(N(C)c3ccnc(Nc4ccc(C)c(S(N)(=O)=O)c4)n3)cc2=NC1C. The lowest BCUT2D eigenvalue weighted by Gasteiger charge is -2.19. The lowest BCUT2D eigenvalue weighted by Crippen LogP contribution is -2.24. The van der Waals surface area contributed by atoms with Gasteiger partial charge in [0.1, 0.15) is 5.82 Å². The third-order valence-corrected chi connectivity index (χ3v) is 6.54. The van der Waals surface area contributed by atoms with Crippen LogP contribution in [0.1, 0.15) is 19.4 Å². The summed E-state index contributed by atoms with van der Waals surface area (Å²) in [6, 6.07) is 13.1. The minimum absolute atomic E-state index is 0.0639. The predicted molar refractivity (Wildman–Crippen MR) is 122 cm³/mol. The summed E-state index contributed by atoms with van der Waals surface area (Å²) in [6.07, 6.45) is 1.65. The summed E-state index contributed by atoms with van der Waals surface area (Å²) in [5.41, 5.74) is 3.34. The van der Waals surface area contributed by atoms with Gasteiger partial charge in [-0.2, -0.15) is 4.98 Å². The van der Waals surface area contributed by atoms with Gasteiger partial charge >= 0.3 is 0 Å². The lowest BCUT2D eigenvalue weighted by atomic mass is 10.1. The number of sulfonamides is 1. The third-order valence-electron chi connectivity index (χ3n) is 5.49. The molecule has 1 unspecified atom stereocenters. The average Bonchev–Trinajstić information content (AvgIpc) is 3.01. The first-order valence-electron chi connectivity index (χ1n) is 9.79. The number of nitrogens with one attached hydrogen (secondary N) is 1. The minimum Gasteiger partial charge on any atom is -0.329 e. The van der Waals surface area contributed by atoms with Gasteiger partial charge < -0.3 is 10.2 Å². The van der Waals surface area contributed by atoms with Gasteiger partial charge in [-0.3, -0.25) is 4.99 Å². The molecular weight excluding hydrogens is 412 g/mol. The van der Waals surface area contributed by atoms with Gasteiger partial charge in [0, 0.05) is 29.8 Å². The summed E-state index contributed by atoms with van der Waals surface area (Å²) in [7, 11) is -1.89. The van der Waals surface area contributed by atoms with Crippen molar-refractivity contribution >= 4 is 38.7 Å². The molecule has 2 heterocycles. The minimum atomic E-state index is -3.82. The van der Waals surface area contributed by atoms with Crippen LogP contribution >= 0.6 is 0 Å². The molecule has 1 aromatic heterocycles. The van der Waals surface area contributed by atoms with E-state index in [1.807, 2.05) is 18.0 Å². The van der Waals surface area contributed by atoms with E-state index in [2.05, 4.69) is 41.3 Å². The summed E-state index contributed by atoms with van der Waals surface area (Å²) < 4.78 is 23.6. The van der Waals surface area contributed by atoms with E-state index >= 15 is 0 Å². The summed E-state index contributed by atoms with van der Waals surface area (Å²) >= 11 is 0. The van der Waals surface area contributed by atoms with Crippen molar-refractivity contribution in [3.8, 4) is 0 Å². The Morgan fingerprint density at radius 2 is 1.87 bits per heavy atom. The molecule has 0 saturated carbocycles. The van der Waals surface area contributed by atoms with Gasteiger partial charge in [0.05, 0.1) is 16.3 Å². The molecule has 4 rings (SSSR count). The van der Waals surface area contributed by atoms with Crippen LogP contribution in [0.25, 0.3) is 5.57 Å². The molecule has 0 saturated heterocycles. The van der Waals surface area contributed by atoms with Gasteiger partial charge in [0.2, 0.25) is 16.0 Å². The van der Waals surface area contributed by atoms with E-state index < -0.39 is 10.0 Å². The van der Waals surface area contributed by atoms with Gasteiger partial charge in [0.25, 0.3) is 0 Å². The molecule has 0 spiro atoms. The van der Waals surface area contributed by atoms with Gasteiger partial charge in [-0.1, -0.05) is 12.1 Å². The maximum absolute atomic E-state index is 11.8. The molecule has 1 atom stereocenters. The van der Waals surface area contributed by atoms with Crippen LogP contribution in [0.15, 0.2) is 58.5 Å². The monoisotopic (exact) mass is 436 g/mol. The summed E-state index contributed by atoms with van der Waals surface area (Å²) in [6.45, 7) is 5.89. The quantitative estimate of drug-likeness (QED) is 0.633. The number of rotatable bonds is 5. The fourth-order valence-corrected chi connectivity index (χ4v) is 4.35. The third kappa shape index (κ3) is 4.14. The van der Waals surface area contributed by atoms with Crippen molar-refractivity contribution in [2.75, 3.05) is 17.3 Å². The van der Waals surface area contributed by atoms with Crippen LogP contribution in [0.5, 0.6) is 0 Å². The molecular formula is C22H24N6O2S. The molecule has 1 aliphatic heterocycles. The Morgan fingerprint density at radius 1 is 1.10 bits per heavy atom. The Bertz CT molecular complexity index is 1400. The zero-order valence-corrected chi connectivity index (χ0v) is 18.6. The Kier molecular flexibility index (Phi) is 5.24. The van der Waals surface area contributed by atoms with Crippen LogP contribution in [0, 0.1) is 6.92 Å². The van der Waals surface area contributed by atoms with E-state index in [9.17, 15) is 8.42 Å². The first kappa shape index (κ1) is 21.0. The van der Waals surface area contributed by atoms with Crippen molar-refractivity contribution in [3.63, 3.8) is 0 Å². The standard InChI is InChI=1S/C22H24N6O2S/c1-13-5-6-16(11-20(13)31(23,29)30)26-22-24-10-9-21(27-22)28(4)17-7-8-18-14(2)15(3)25-19(18)12-17/h5-12,15H,1-4H3,(H2,23,29,30)(H,24,26,27). The number of hydrogen-bond donors (Lipinski definition) is 2. The molecule has 2 aromatic carbocycles. The molecule has 0 bridgehead atoms. The van der Waals surface area contributed by atoms with Crippen LogP contribution < -0.4 is 25.9 Å². The number of hydrogen-bond acceptors (Lipinski definition) is 7. The fraction of sp³-hybridized carbons (Fsp3) is 0.227. The molecule has 0 aliphatic carbocycles. The zero-order chi connectivity index (χ0) is 22.3. The molecule has 0 fully saturated rings. The largest absolute Gasteiger partial charge is 0.329 e. The van der Waals surface area contributed by atoms with Crippen molar-refractivity contribution in [1.82, 2.24) is 9.97 Å². The van der Waals surface area contributed by atoms with Gasteiger partial charge in [-0.25, -0.2) is 18.5 Å². The van der Waals surface area contributed by atoms with Crippen LogP contribution in [-0.4, -0.2) is 31.5 Å². The Balaban J connectivity index is 1.63. The number of aryl methyl sites for hydroxylation is 1. The molecule has 0 amide bonds. The normalized spacial score (nSPS) is 15.4. The van der Waals surface area contributed by atoms with E-state index in [4.69, 9.17) is 10.1 Å². The van der Waals surface area contributed by atoms with Crippen LogP contribution in [0.2, 0.25) is 0 Å². The van der Waals surface area contributed by atoms with Crippen LogP contribution in [-0.2, 0) is 10.0 Å². The summed E-state index contributed by atoms with van der Waals surface area (Å²) in [4.78, 5) is 15.5. The number of nitrogens with two attached hydrogens (primary N) is 1. The van der Waals surface area contributed by atoms with E-state index in [-0.39, 0.29) is 10.9 Å². The highest BCUT2D eigenvalue weighted by molar-refractivity contribution is 7.89. The molecule has 3 N–H and O–H groups in total. The molecule has 0 radical (unpaired) electrons. The number of nitrogens with zero attached hydrogens (tertiary/aromatic N) is 4. The first-order valence-corrected chi connectivity index (χ1v) is 11.3. The molecule has 9 heteroatoms. The van der Waals surface area contributed by atoms with Crippen molar-refractivity contribution in [3.05, 3.63) is 64.8 Å². The maximum atomic E-state index is 11.8. The number of anilines is 4. The Hall–Kier alpha value is -3.30. The van der Waals surface area contributed by atoms with Crippen molar-refractivity contribution in [2.24, 2.45) is 10.1 Å². The second kappa shape index (κ2) is 7.75. The molecule has 1 aliphatic rings. The van der Waals surface area contributed by atoms with Crippen LogP contribution in [0.4, 0.5) is 23.1 Å². The summed E-state index contributed by atoms with van der Waals surface area (Å²) in [5.74, 6) is 1.03. The van der Waals surface area contributed by atoms with Gasteiger partial charge in [-0.15, -0.1) is 0 Å². The fourth-order valence-electron chi connectivity index (χ4n) is 3.54. The van der Waals surface area contributed by atoms with E-state index in [1.54, 1.807) is 31.3 Å². The van der Waals surface area contributed by atoms with Gasteiger partial charge in [-0.05, 0) is 62.2 Å². The first-order chi connectivity index (χ1) is 14.6. The van der Waals surface area contributed by atoms with Crippen molar-refractivity contribution in [1.29, 1.82) is 0 Å². The number of aromatic nitrogens is 2. The highest BCUT2D eigenvalue weighted by Gasteiger charge is 2.15. The maximum Gasteiger partial charge on any atom is 0.238 e. The molecule has 160 valence electrons. The Morgan fingerprint density at radius 3 is 2.61 bits per heavy atom. The second-order valence-corrected chi connectivity index (χ2v) is 9.17. The number of benzene rings is 2. The molecule has 8 nitrogen and oxygen atoms in total. The summed E-state index contributed by atoms with van der Waals surface area (Å²) in [5, 5.41) is 10.5. The van der Waals surface area contributed by atoms with Crippen molar-refractivity contribution in [2.45, 2.75) is 31.7 Å². The van der Waals surface area contributed by atoms with E-state index in [0.717, 1.165) is 11.0 Å². The Labute approximate surface area is 181 Å². The van der Waals surface area contributed by atoms with E-state index in [1.165, 1.54) is 16.9 Å². The average molecular weight is 437 g/mol. The number of fused-ring (bicyclic) bond motifs is 1. The molecule has 3 aromatic rings. The highest BCUT2D eigenvalue weighted by atomic mass is 32.2. The van der Waals surface area contributed by atoms with Gasteiger partial charge in [0.15, 0.2) is 0 Å². The molecule has 31 heavy (non-hydrogen) atoms. The predicted octanol–water partition coefficient (Wildman–Crippen LogP) is 2.14. The zero-order valence-electron chi connectivity index (χ0n) is 17.8. The van der Waals surface area contributed by atoms with E-state index in [0.29, 0.717) is 23.0 Å². The second-order valence-electron chi connectivity index (χ2n) is 7.64. The smallest absolute Gasteiger partial charge is 0.238 e. The highest BCUT2D eigenvalue weighted by Crippen LogP contribution is 2.24. The van der Waals surface area contributed by atoms with Crippen molar-refractivity contribution < 1.29 is 8.42 Å².